The Morgan fingerprint density at radius 1 is 1.35 bits per heavy atom. The molecule has 20 heavy (non-hydrogen) atoms. The number of carbonyl (C=O) groups is 1. The maximum atomic E-state index is 12.2. The Morgan fingerprint density at radius 2 is 2.10 bits per heavy atom. The maximum Gasteiger partial charge on any atom is 0.241 e. The van der Waals surface area contributed by atoms with E-state index in [1.54, 1.807) is 7.11 Å². The Labute approximate surface area is 120 Å². The molecule has 1 aromatic carbocycles. The number of hydrogen-bond acceptors (Lipinski definition) is 3. The van der Waals surface area contributed by atoms with Crippen LogP contribution in [0.15, 0.2) is 30.3 Å². The molecule has 2 N–H and O–H groups in total. The fourth-order valence-corrected chi connectivity index (χ4v) is 2.86. The highest BCUT2D eigenvalue weighted by Gasteiger charge is 2.24. The van der Waals surface area contributed by atoms with E-state index in [1.165, 1.54) is 5.56 Å². The molecule has 1 aliphatic heterocycles. The van der Waals surface area contributed by atoms with Crippen molar-refractivity contribution in [3.05, 3.63) is 35.9 Å². The van der Waals surface area contributed by atoms with E-state index in [0.717, 1.165) is 32.4 Å². The number of methoxy groups -OCH3 is 1. The van der Waals surface area contributed by atoms with Gasteiger partial charge in [0.05, 0.1) is 6.61 Å². The van der Waals surface area contributed by atoms with Crippen molar-refractivity contribution in [3.8, 4) is 0 Å². The molecule has 0 aromatic heterocycles. The van der Waals surface area contributed by atoms with Crippen LogP contribution < -0.4 is 5.73 Å². The molecule has 0 aliphatic carbocycles. The second-order valence-corrected chi connectivity index (χ2v) is 5.43. The van der Waals surface area contributed by atoms with E-state index in [1.807, 2.05) is 11.0 Å². The van der Waals surface area contributed by atoms with Crippen LogP contribution in [0.25, 0.3) is 0 Å². The van der Waals surface area contributed by atoms with Crippen molar-refractivity contribution < 1.29 is 9.53 Å². The highest BCUT2D eigenvalue weighted by molar-refractivity contribution is 5.81. The first kappa shape index (κ1) is 15.0. The summed E-state index contributed by atoms with van der Waals surface area (Å²) in [6.07, 6.45) is 3.17. The summed E-state index contributed by atoms with van der Waals surface area (Å²) < 4.78 is 4.96. The average Bonchev–Trinajstić information content (AvgIpc) is 2.73. The third-order valence-electron chi connectivity index (χ3n) is 3.97. The average molecular weight is 276 g/mol. The van der Waals surface area contributed by atoms with Crippen LogP contribution in [0.3, 0.4) is 0 Å². The predicted octanol–water partition coefficient (Wildman–Crippen LogP) is 1.76. The van der Waals surface area contributed by atoms with Crippen molar-refractivity contribution in [1.29, 1.82) is 0 Å². The number of nitrogens with zero attached hydrogens (tertiary/aromatic N) is 1. The molecule has 1 amide bonds. The van der Waals surface area contributed by atoms with Gasteiger partial charge in [0.1, 0.15) is 6.04 Å². The standard InChI is InChI=1S/C16H24N2O2/c1-20-12-15(17)16(19)18-10-5-8-14(9-11-18)13-6-3-2-4-7-13/h2-4,6-7,14-15H,5,8-12,17H2,1H3. The lowest BCUT2D eigenvalue weighted by molar-refractivity contribution is -0.133. The van der Waals surface area contributed by atoms with Crippen LogP contribution in [0.5, 0.6) is 0 Å². The molecule has 2 unspecified atom stereocenters. The number of carbonyl (C=O) groups excluding carboxylic acids is 1. The molecule has 2 atom stereocenters. The topological polar surface area (TPSA) is 55.6 Å². The predicted molar refractivity (Wildman–Crippen MR) is 79.5 cm³/mol. The summed E-state index contributed by atoms with van der Waals surface area (Å²) in [5.41, 5.74) is 7.22. The molecule has 1 fully saturated rings. The molecule has 2 rings (SSSR count). The zero-order valence-electron chi connectivity index (χ0n) is 12.1. The third-order valence-corrected chi connectivity index (χ3v) is 3.97. The molecule has 0 bridgehead atoms. The van der Waals surface area contributed by atoms with E-state index in [9.17, 15) is 4.79 Å². The Balaban J connectivity index is 1.94. The Kier molecular flexibility index (Phi) is 5.56. The van der Waals surface area contributed by atoms with Gasteiger partial charge in [-0.3, -0.25) is 4.79 Å². The first-order valence-corrected chi connectivity index (χ1v) is 7.30. The van der Waals surface area contributed by atoms with Crippen molar-refractivity contribution in [2.45, 2.75) is 31.2 Å². The normalized spacial score (nSPS) is 21.3. The van der Waals surface area contributed by atoms with Gasteiger partial charge in [-0.15, -0.1) is 0 Å². The summed E-state index contributed by atoms with van der Waals surface area (Å²) in [7, 11) is 1.57. The monoisotopic (exact) mass is 276 g/mol. The molecular formula is C16H24N2O2. The second-order valence-electron chi connectivity index (χ2n) is 5.43. The largest absolute Gasteiger partial charge is 0.383 e. The molecule has 4 heteroatoms. The van der Waals surface area contributed by atoms with Crippen molar-refractivity contribution in [2.24, 2.45) is 5.73 Å². The molecule has 1 saturated heterocycles. The van der Waals surface area contributed by atoms with Crippen LogP contribution in [0.2, 0.25) is 0 Å². The number of nitrogens with two attached hydrogens (primary N) is 1. The van der Waals surface area contributed by atoms with Gasteiger partial charge in [-0.1, -0.05) is 30.3 Å². The maximum absolute atomic E-state index is 12.2. The van der Waals surface area contributed by atoms with E-state index < -0.39 is 6.04 Å². The summed E-state index contributed by atoms with van der Waals surface area (Å²) in [6.45, 7) is 1.88. The number of ether oxygens (including phenoxy) is 1. The Bertz CT molecular complexity index is 422. The zero-order valence-corrected chi connectivity index (χ0v) is 12.1. The van der Waals surface area contributed by atoms with Gasteiger partial charge >= 0.3 is 0 Å². The van der Waals surface area contributed by atoms with E-state index in [0.29, 0.717) is 5.92 Å². The molecule has 110 valence electrons. The van der Waals surface area contributed by atoms with Gasteiger partial charge in [-0.05, 0) is 30.7 Å². The summed E-state index contributed by atoms with van der Waals surface area (Å²) in [6, 6.07) is 10.0. The quantitative estimate of drug-likeness (QED) is 0.911. The number of hydrogen-bond donors (Lipinski definition) is 1. The van der Waals surface area contributed by atoms with Gasteiger partial charge in [0, 0.05) is 20.2 Å². The molecule has 1 aliphatic rings. The number of rotatable bonds is 4. The lowest BCUT2D eigenvalue weighted by Gasteiger charge is -2.24. The first-order valence-electron chi connectivity index (χ1n) is 7.30. The Hall–Kier alpha value is -1.39. The number of benzene rings is 1. The highest BCUT2D eigenvalue weighted by Crippen LogP contribution is 2.27. The van der Waals surface area contributed by atoms with E-state index >= 15 is 0 Å². The van der Waals surface area contributed by atoms with Crippen LogP contribution in [0, 0.1) is 0 Å². The van der Waals surface area contributed by atoms with Crippen LogP contribution in [-0.2, 0) is 9.53 Å². The van der Waals surface area contributed by atoms with Crippen molar-refractivity contribution in [2.75, 3.05) is 26.8 Å². The number of amides is 1. The summed E-state index contributed by atoms with van der Waals surface area (Å²) in [5, 5.41) is 0. The minimum atomic E-state index is -0.534. The van der Waals surface area contributed by atoms with E-state index in [2.05, 4.69) is 24.3 Å². The SMILES string of the molecule is COCC(N)C(=O)N1CCCC(c2ccccc2)CC1. The molecular weight excluding hydrogens is 252 g/mol. The van der Waals surface area contributed by atoms with Crippen molar-refractivity contribution in [3.63, 3.8) is 0 Å². The fraction of sp³-hybridized carbons (Fsp3) is 0.562. The van der Waals surface area contributed by atoms with Crippen molar-refractivity contribution in [1.82, 2.24) is 4.90 Å². The van der Waals surface area contributed by atoms with Crippen LogP contribution in [0.4, 0.5) is 0 Å². The third kappa shape index (κ3) is 3.81. The molecule has 1 aromatic rings. The second kappa shape index (κ2) is 7.41. The smallest absolute Gasteiger partial charge is 0.241 e. The van der Waals surface area contributed by atoms with Gasteiger partial charge in [-0.2, -0.15) is 0 Å². The zero-order chi connectivity index (χ0) is 14.4. The molecule has 0 saturated carbocycles. The minimum absolute atomic E-state index is 0.0144. The van der Waals surface area contributed by atoms with Gasteiger partial charge in [0.25, 0.3) is 0 Å². The lowest BCUT2D eigenvalue weighted by atomic mass is 9.92. The molecule has 1 heterocycles. The van der Waals surface area contributed by atoms with Gasteiger partial charge < -0.3 is 15.4 Å². The van der Waals surface area contributed by atoms with Gasteiger partial charge in [0.15, 0.2) is 0 Å². The van der Waals surface area contributed by atoms with Crippen LogP contribution >= 0.6 is 0 Å². The van der Waals surface area contributed by atoms with Gasteiger partial charge in [-0.25, -0.2) is 0 Å². The lowest BCUT2D eigenvalue weighted by Crippen LogP contribution is -2.46. The number of likely N-dealkylation sites (tertiary alicyclic amines) is 1. The molecule has 0 spiro atoms. The fourth-order valence-electron chi connectivity index (χ4n) is 2.86. The summed E-state index contributed by atoms with van der Waals surface area (Å²) in [4.78, 5) is 14.1. The molecule has 0 radical (unpaired) electrons. The molecule has 4 nitrogen and oxygen atoms in total. The highest BCUT2D eigenvalue weighted by atomic mass is 16.5. The Morgan fingerprint density at radius 3 is 2.80 bits per heavy atom. The van der Waals surface area contributed by atoms with Crippen LogP contribution in [0.1, 0.15) is 30.7 Å². The summed E-state index contributed by atoms with van der Waals surface area (Å²) >= 11 is 0. The van der Waals surface area contributed by atoms with Crippen molar-refractivity contribution >= 4 is 5.91 Å². The minimum Gasteiger partial charge on any atom is -0.383 e. The summed E-state index contributed by atoms with van der Waals surface area (Å²) in [5.74, 6) is 0.563. The first-order chi connectivity index (χ1) is 9.72. The van der Waals surface area contributed by atoms with Gasteiger partial charge in [0.2, 0.25) is 5.91 Å². The van der Waals surface area contributed by atoms with E-state index in [-0.39, 0.29) is 12.5 Å². The van der Waals surface area contributed by atoms with Crippen LogP contribution in [-0.4, -0.2) is 43.7 Å². The van der Waals surface area contributed by atoms with E-state index in [4.69, 9.17) is 10.5 Å².